The summed E-state index contributed by atoms with van der Waals surface area (Å²) in [4.78, 5) is 34.7. The van der Waals surface area contributed by atoms with Gasteiger partial charge >= 0.3 is 11.9 Å². The number of carbonyl (C=O) groups is 2. The topological polar surface area (TPSA) is 105 Å². The smallest absolute Gasteiger partial charge is 0.320 e. The fourth-order valence-electron chi connectivity index (χ4n) is 2.79. The predicted molar refractivity (Wildman–Crippen MR) is 99.3 cm³/mol. The molecule has 0 N–H and O–H groups in total. The van der Waals surface area contributed by atoms with Crippen LogP contribution in [0, 0.1) is 16.0 Å². The summed E-state index contributed by atoms with van der Waals surface area (Å²) < 4.78 is 15.0. The van der Waals surface area contributed by atoms with Crippen LogP contribution in [0.3, 0.4) is 0 Å². The number of esters is 2. The van der Waals surface area contributed by atoms with E-state index in [4.69, 9.17) is 4.74 Å². The fourth-order valence-corrected chi connectivity index (χ4v) is 2.79. The van der Waals surface area contributed by atoms with Crippen molar-refractivity contribution >= 4 is 11.9 Å². The van der Waals surface area contributed by atoms with E-state index in [9.17, 15) is 19.7 Å². The molecule has 0 radical (unpaired) electrons. The molecule has 0 heterocycles. The number of nitrogens with zero attached hydrogens (tertiary/aromatic N) is 1. The summed E-state index contributed by atoms with van der Waals surface area (Å²) >= 11 is 0. The van der Waals surface area contributed by atoms with Gasteiger partial charge in [0, 0.05) is 4.92 Å². The third-order valence-corrected chi connectivity index (χ3v) is 4.21. The van der Waals surface area contributed by atoms with Gasteiger partial charge in [0.1, 0.15) is 12.4 Å². The van der Waals surface area contributed by atoms with Crippen molar-refractivity contribution in [3.05, 3.63) is 75.8 Å². The number of benzene rings is 2. The number of rotatable bonds is 9. The van der Waals surface area contributed by atoms with Gasteiger partial charge in [0.2, 0.25) is 6.54 Å². The van der Waals surface area contributed by atoms with Crippen LogP contribution in [0.15, 0.2) is 54.6 Å². The van der Waals surface area contributed by atoms with Crippen molar-refractivity contribution < 1.29 is 28.7 Å². The van der Waals surface area contributed by atoms with Crippen molar-refractivity contribution in [1.29, 1.82) is 0 Å². The highest BCUT2D eigenvalue weighted by molar-refractivity contribution is 5.96. The normalized spacial score (nSPS) is 11.5. The Balaban J connectivity index is 2.22. The van der Waals surface area contributed by atoms with Gasteiger partial charge in [0.05, 0.1) is 20.1 Å². The van der Waals surface area contributed by atoms with Crippen LogP contribution in [-0.4, -0.2) is 37.6 Å². The Morgan fingerprint density at radius 3 is 2.04 bits per heavy atom. The lowest BCUT2D eigenvalue weighted by Crippen LogP contribution is -2.35. The summed E-state index contributed by atoms with van der Waals surface area (Å²) in [7, 11) is 2.23. The van der Waals surface area contributed by atoms with Crippen LogP contribution in [0.5, 0.6) is 5.75 Å². The minimum Gasteiger partial charge on any atom is -0.489 e. The molecule has 0 saturated carbocycles. The molecule has 0 saturated heterocycles. The van der Waals surface area contributed by atoms with Gasteiger partial charge in [0.15, 0.2) is 5.92 Å². The highest BCUT2D eigenvalue weighted by Crippen LogP contribution is 2.29. The summed E-state index contributed by atoms with van der Waals surface area (Å²) in [6.45, 7) is -0.259. The molecule has 8 nitrogen and oxygen atoms in total. The summed E-state index contributed by atoms with van der Waals surface area (Å²) in [6, 6.07) is 16.0. The predicted octanol–water partition coefficient (Wildman–Crippen LogP) is 2.59. The first-order valence-corrected chi connectivity index (χ1v) is 8.50. The van der Waals surface area contributed by atoms with Gasteiger partial charge in [-0.1, -0.05) is 42.5 Å². The standard InChI is InChI=1S/C20H21NO7/c1-26-19(22)18(20(23)27-2)17(12-21(24)25)15-8-10-16(11-9-15)28-13-14-6-4-3-5-7-14/h3-11,17-18H,12-13H2,1-2H3/t17-/m0/s1. The van der Waals surface area contributed by atoms with Gasteiger partial charge in [-0.05, 0) is 23.3 Å². The highest BCUT2D eigenvalue weighted by atomic mass is 16.6. The first-order valence-electron chi connectivity index (χ1n) is 8.50. The van der Waals surface area contributed by atoms with Crippen LogP contribution in [0.25, 0.3) is 0 Å². The molecule has 0 aliphatic heterocycles. The van der Waals surface area contributed by atoms with Gasteiger partial charge in [-0.15, -0.1) is 0 Å². The third-order valence-electron chi connectivity index (χ3n) is 4.21. The molecule has 8 heteroatoms. The molecule has 2 rings (SSSR count). The molecule has 0 unspecified atom stereocenters. The molecule has 28 heavy (non-hydrogen) atoms. The SMILES string of the molecule is COC(=O)C(C(=O)OC)[C@@H](C[N+](=O)[O-])c1ccc(OCc2ccccc2)cc1. The zero-order valence-electron chi connectivity index (χ0n) is 15.6. The number of hydrogen-bond donors (Lipinski definition) is 0. The van der Waals surface area contributed by atoms with E-state index in [1.54, 1.807) is 24.3 Å². The highest BCUT2D eigenvalue weighted by Gasteiger charge is 2.40. The second kappa shape index (κ2) is 10.1. The zero-order chi connectivity index (χ0) is 20.5. The first-order chi connectivity index (χ1) is 13.5. The number of nitro groups is 1. The van der Waals surface area contributed by atoms with Gasteiger partial charge in [-0.3, -0.25) is 19.7 Å². The van der Waals surface area contributed by atoms with E-state index in [1.165, 1.54) is 0 Å². The molecule has 1 atom stereocenters. The second-order valence-corrected chi connectivity index (χ2v) is 5.99. The van der Waals surface area contributed by atoms with E-state index in [-0.39, 0.29) is 0 Å². The number of ether oxygens (including phenoxy) is 3. The van der Waals surface area contributed by atoms with Crippen LogP contribution in [0.4, 0.5) is 0 Å². The molecule has 0 fully saturated rings. The lowest BCUT2D eigenvalue weighted by atomic mass is 9.85. The van der Waals surface area contributed by atoms with E-state index in [0.717, 1.165) is 19.8 Å². The summed E-state index contributed by atoms with van der Waals surface area (Å²) in [5, 5.41) is 11.1. The van der Waals surface area contributed by atoms with E-state index < -0.39 is 35.2 Å². The molecule has 148 valence electrons. The Kier molecular flexibility index (Phi) is 7.50. The van der Waals surface area contributed by atoms with Gasteiger partial charge in [0.25, 0.3) is 0 Å². The van der Waals surface area contributed by atoms with Crippen molar-refractivity contribution in [2.75, 3.05) is 20.8 Å². The Morgan fingerprint density at radius 1 is 0.964 bits per heavy atom. The van der Waals surface area contributed by atoms with Crippen LogP contribution < -0.4 is 4.74 Å². The molecule has 0 amide bonds. The number of carbonyl (C=O) groups excluding carboxylic acids is 2. The molecule has 0 aromatic heterocycles. The van der Waals surface area contributed by atoms with Gasteiger partial charge < -0.3 is 14.2 Å². The van der Waals surface area contributed by atoms with E-state index in [2.05, 4.69) is 9.47 Å². The second-order valence-electron chi connectivity index (χ2n) is 5.99. The van der Waals surface area contributed by atoms with Gasteiger partial charge in [-0.2, -0.15) is 0 Å². The summed E-state index contributed by atoms with van der Waals surface area (Å²) in [6.07, 6.45) is 0. The number of hydrogen-bond acceptors (Lipinski definition) is 7. The average Bonchev–Trinajstić information content (AvgIpc) is 2.72. The van der Waals surface area contributed by atoms with Crippen molar-refractivity contribution in [3.8, 4) is 5.75 Å². The maximum absolute atomic E-state index is 12.1. The maximum Gasteiger partial charge on any atom is 0.320 e. The minimum atomic E-state index is -1.43. The Hall–Kier alpha value is -3.42. The quantitative estimate of drug-likeness (QED) is 0.282. The maximum atomic E-state index is 12.1. The van der Waals surface area contributed by atoms with E-state index >= 15 is 0 Å². The molecule has 2 aromatic carbocycles. The molecule has 0 aliphatic rings. The van der Waals surface area contributed by atoms with E-state index in [0.29, 0.717) is 17.9 Å². The van der Waals surface area contributed by atoms with Crippen molar-refractivity contribution in [2.24, 2.45) is 5.92 Å². The molecule has 0 aliphatic carbocycles. The lowest BCUT2D eigenvalue weighted by Gasteiger charge is -2.21. The Labute approximate surface area is 162 Å². The minimum absolute atomic E-state index is 0.367. The molecule has 2 aromatic rings. The van der Waals surface area contributed by atoms with Crippen molar-refractivity contribution in [1.82, 2.24) is 0 Å². The van der Waals surface area contributed by atoms with Crippen LogP contribution in [0.1, 0.15) is 17.0 Å². The fraction of sp³-hybridized carbons (Fsp3) is 0.300. The molecule has 0 bridgehead atoms. The van der Waals surface area contributed by atoms with Crippen LogP contribution in [-0.2, 0) is 25.7 Å². The summed E-state index contributed by atoms with van der Waals surface area (Å²) in [5.74, 6) is -3.68. The van der Waals surface area contributed by atoms with E-state index in [1.807, 2.05) is 30.3 Å². The molecule has 0 spiro atoms. The zero-order valence-corrected chi connectivity index (χ0v) is 15.6. The average molecular weight is 387 g/mol. The molecular formula is C20H21NO7. The van der Waals surface area contributed by atoms with Crippen LogP contribution >= 0.6 is 0 Å². The summed E-state index contributed by atoms with van der Waals surface area (Å²) in [5.41, 5.74) is 1.43. The van der Waals surface area contributed by atoms with Crippen molar-refractivity contribution in [2.45, 2.75) is 12.5 Å². The van der Waals surface area contributed by atoms with Crippen LogP contribution in [0.2, 0.25) is 0 Å². The lowest BCUT2D eigenvalue weighted by molar-refractivity contribution is -0.484. The number of methoxy groups -OCH3 is 2. The molecular weight excluding hydrogens is 366 g/mol. The van der Waals surface area contributed by atoms with Gasteiger partial charge in [-0.25, -0.2) is 0 Å². The van der Waals surface area contributed by atoms with Crippen molar-refractivity contribution in [3.63, 3.8) is 0 Å². The first kappa shape index (κ1) is 20.9. The Morgan fingerprint density at radius 2 is 1.54 bits per heavy atom. The third kappa shape index (κ3) is 5.54. The Bertz CT molecular complexity index is 789. The monoisotopic (exact) mass is 387 g/mol. The largest absolute Gasteiger partial charge is 0.489 e.